The van der Waals surface area contributed by atoms with Crippen molar-refractivity contribution in [3.63, 3.8) is 0 Å². The summed E-state index contributed by atoms with van der Waals surface area (Å²) in [6, 6.07) is 21.4. The van der Waals surface area contributed by atoms with Gasteiger partial charge in [-0.3, -0.25) is 0 Å². The minimum absolute atomic E-state index is 0.0836. The van der Waals surface area contributed by atoms with Crippen LogP contribution < -0.4 is 4.74 Å². The number of hydrogen-bond acceptors (Lipinski definition) is 3. The van der Waals surface area contributed by atoms with Crippen LogP contribution in [0.2, 0.25) is 0 Å². The summed E-state index contributed by atoms with van der Waals surface area (Å²) in [5, 5.41) is 14.5. The number of fused-ring (bicyclic) bond motifs is 2. The molecule has 2 N–H and O–H groups in total. The lowest BCUT2D eigenvalue weighted by atomic mass is 9.84. The van der Waals surface area contributed by atoms with Crippen LogP contribution in [-0.2, 0) is 5.41 Å². The molecule has 0 radical (unpaired) electrons. The molecule has 4 aromatic carbocycles. The summed E-state index contributed by atoms with van der Waals surface area (Å²) in [7, 11) is 0. The van der Waals surface area contributed by atoms with Crippen LogP contribution in [0.4, 0.5) is 0 Å². The van der Waals surface area contributed by atoms with Crippen molar-refractivity contribution >= 4 is 43.6 Å². The van der Waals surface area contributed by atoms with Crippen molar-refractivity contribution in [3.8, 4) is 22.6 Å². The molecule has 4 nitrogen and oxygen atoms in total. The zero-order valence-corrected chi connectivity index (χ0v) is 24.2. The first kappa shape index (κ1) is 26.1. The number of esters is 1. The Bertz CT molecular complexity index is 1710. The number of ether oxygens (including phenoxy) is 1. The van der Waals surface area contributed by atoms with Crippen LogP contribution in [0.5, 0.6) is 11.5 Å². The fraction of sp³-hybridized carbons (Fsp3) is 0.242. The van der Waals surface area contributed by atoms with Gasteiger partial charge in [0.05, 0.1) is 0 Å². The third-order valence-corrected chi connectivity index (χ3v) is 7.49. The van der Waals surface area contributed by atoms with Gasteiger partial charge in [0.15, 0.2) is 0 Å². The lowest BCUT2D eigenvalue weighted by Crippen LogP contribution is -2.14. The first-order valence-corrected chi connectivity index (χ1v) is 13.6. The maximum absolute atomic E-state index is 13.7. The molecule has 0 saturated carbocycles. The fourth-order valence-electron chi connectivity index (χ4n) is 5.11. The van der Waals surface area contributed by atoms with Gasteiger partial charge < -0.3 is 14.8 Å². The molecule has 0 saturated heterocycles. The number of para-hydroxylation sites is 1. The van der Waals surface area contributed by atoms with Gasteiger partial charge in [-0.25, -0.2) is 4.79 Å². The first-order chi connectivity index (χ1) is 18.0. The molecule has 0 aliphatic rings. The van der Waals surface area contributed by atoms with E-state index in [1.54, 1.807) is 12.1 Å². The second-order valence-electron chi connectivity index (χ2n) is 11.3. The summed E-state index contributed by atoms with van der Waals surface area (Å²) in [6.07, 6.45) is 0. The van der Waals surface area contributed by atoms with Gasteiger partial charge in [-0.2, -0.15) is 0 Å². The quantitative estimate of drug-likeness (QED) is 0.167. The molecule has 0 aliphatic heterocycles. The third kappa shape index (κ3) is 4.60. The largest absolute Gasteiger partial charge is 0.506 e. The Labute approximate surface area is 231 Å². The molecule has 0 bridgehead atoms. The van der Waals surface area contributed by atoms with E-state index in [0.717, 1.165) is 48.5 Å². The standard InChI is InChI=1S/C33H32BrNO3/c1-18(2)22-9-7-8-10-27(22)38-32(37)25-17-20-16-21(34)12-13-23(20)28(30(25)36)29-24-15-19(3)11-14-26(24)35-31(29)33(4,5)6/h7-18,35-36H,1-6H3. The Morgan fingerprint density at radius 1 is 0.947 bits per heavy atom. The number of aromatic amines is 1. The monoisotopic (exact) mass is 569 g/mol. The predicted molar refractivity (Wildman–Crippen MR) is 160 cm³/mol. The SMILES string of the molecule is Cc1ccc2[nH]c(C(C)(C)C)c(-c3c(O)c(C(=O)Oc4ccccc4C(C)C)cc4cc(Br)ccc34)c2c1. The lowest BCUT2D eigenvalue weighted by molar-refractivity contribution is 0.0730. The van der Waals surface area contributed by atoms with Crippen LogP contribution in [0.3, 0.4) is 0 Å². The van der Waals surface area contributed by atoms with Crippen molar-refractivity contribution in [2.45, 2.75) is 52.9 Å². The highest BCUT2D eigenvalue weighted by Crippen LogP contribution is 2.47. The molecule has 38 heavy (non-hydrogen) atoms. The average molecular weight is 571 g/mol. The maximum Gasteiger partial charge on any atom is 0.347 e. The van der Waals surface area contributed by atoms with E-state index in [-0.39, 0.29) is 22.6 Å². The number of aromatic hydroxyl groups is 1. The number of phenols is 1. The zero-order chi connectivity index (χ0) is 27.4. The van der Waals surface area contributed by atoms with Crippen LogP contribution in [-0.4, -0.2) is 16.1 Å². The molecule has 1 aromatic heterocycles. The van der Waals surface area contributed by atoms with E-state index < -0.39 is 5.97 Å². The van der Waals surface area contributed by atoms with E-state index in [1.807, 2.05) is 36.4 Å². The van der Waals surface area contributed by atoms with Crippen molar-refractivity contribution in [1.82, 2.24) is 4.98 Å². The molecule has 5 rings (SSSR count). The van der Waals surface area contributed by atoms with Gasteiger partial charge in [0.2, 0.25) is 0 Å². The van der Waals surface area contributed by atoms with Gasteiger partial charge in [-0.05, 0) is 65.6 Å². The highest BCUT2D eigenvalue weighted by Gasteiger charge is 2.29. The molecule has 5 heteroatoms. The van der Waals surface area contributed by atoms with Crippen molar-refractivity contribution in [2.24, 2.45) is 0 Å². The van der Waals surface area contributed by atoms with Gasteiger partial charge in [-0.1, -0.05) is 86.4 Å². The summed E-state index contributed by atoms with van der Waals surface area (Å²) in [4.78, 5) is 17.3. The molecule has 0 spiro atoms. The number of carbonyl (C=O) groups is 1. The smallest absolute Gasteiger partial charge is 0.347 e. The molecule has 194 valence electrons. The van der Waals surface area contributed by atoms with E-state index >= 15 is 0 Å². The topological polar surface area (TPSA) is 62.3 Å². The minimum Gasteiger partial charge on any atom is -0.506 e. The Morgan fingerprint density at radius 3 is 2.39 bits per heavy atom. The minimum atomic E-state index is -0.591. The van der Waals surface area contributed by atoms with Crippen LogP contribution in [0, 0.1) is 6.92 Å². The fourth-order valence-corrected chi connectivity index (χ4v) is 5.49. The van der Waals surface area contributed by atoms with E-state index in [9.17, 15) is 9.90 Å². The normalized spacial score (nSPS) is 12.0. The van der Waals surface area contributed by atoms with E-state index in [4.69, 9.17) is 4.74 Å². The van der Waals surface area contributed by atoms with Crippen molar-refractivity contribution in [1.29, 1.82) is 0 Å². The third-order valence-electron chi connectivity index (χ3n) is 6.99. The number of aromatic nitrogens is 1. The molecular formula is C33H32BrNO3. The van der Waals surface area contributed by atoms with Crippen LogP contribution >= 0.6 is 15.9 Å². The Morgan fingerprint density at radius 2 is 1.68 bits per heavy atom. The van der Waals surface area contributed by atoms with Crippen molar-refractivity contribution < 1.29 is 14.6 Å². The van der Waals surface area contributed by atoms with Gasteiger partial charge in [0, 0.05) is 37.6 Å². The number of hydrogen-bond donors (Lipinski definition) is 2. The first-order valence-electron chi connectivity index (χ1n) is 12.8. The summed E-state index contributed by atoms with van der Waals surface area (Å²) in [6.45, 7) is 12.6. The number of phenolic OH excluding ortho intramolecular Hbond substituents is 1. The summed E-state index contributed by atoms with van der Waals surface area (Å²) < 4.78 is 6.80. The number of halogens is 1. The van der Waals surface area contributed by atoms with Crippen molar-refractivity contribution in [2.75, 3.05) is 0 Å². The van der Waals surface area contributed by atoms with Crippen LogP contribution in [0.15, 0.2) is 71.2 Å². The number of aryl methyl sites for hydroxylation is 1. The molecular weight excluding hydrogens is 538 g/mol. The lowest BCUT2D eigenvalue weighted by Gasteiger charge is -2.22. The molecule has 1 heterocycles. The second-order valence-corrected chi connectivity index (χ2v) is 12.2. The number of benzene rings is 4. The molecule has 0 fully saturated rings. The van der Waals surface area contributed by atoms with E-state index in [0.29, 0.717) is 11.3 Å². The Kier molecular flexibility index (Phi) is 6.60. The van der Waals surface area contributed by atoms with Crippen LogP contribution in [0.1, 0.15) is 67.7 Å². The Balaban J connectivity index is 1.81. The highest BCUT2D eigenvalue weighted by atomic mass is 79.9. The highest BCUT2D eigenvalue weighted by molar-refractivity contribution is 9.10. The van der Waals surface area contributed by atoms with Crippen molar-refractivity contribution in [3.05, 3.63) is 93.6 Å². The van der Waals surface area contributed by atoms with Gasteiger partial charge in [-0.15, -0.1) is 0 Å². The number of rotatable bonds is 4. The summed E-state index contributed by atoms with van der Waals surface area (Å²) in [5.41, 5.74) is 5.44. The van der Waals surface area contributed by atoms with Gasteiger partial charge in [0.1, 0.15) is 17.1 Å². The molecule has 5 aromatic rings. The van der Waals surface area contributed by atoms with Gasteiger partial charge in [0.25, 0.3) is 0 Å². The maximum atomic E-state index is 13.7. The summed E-state index contributed by atoms with van der Waals surface area (Å²) >= 11 is 3.58. The number of nitrogens with one attached hydrogen (secondary N) is 1. The summed E-state index contributed by atoms with van der Waals surface area (Å²) in [5.74, 6) is 0.00669. The van der Waals surface area contributed by atoms with Crippen LogP contribution in [0.25, 0.3) is 32.8 Å². The predicted octanol–water partition coefficient (Wildman–Crippen LogP) is 9.40. The van der Waals surface area contributed by atoms with E-state index in [2.05, 4.69) is 80.7 Å². The molecule has 0 atom stereocenters. The number of H-pyrrole nitrogens is 1. The molecule has 0 amide bonds. The molecule has 0 unspecified atom stereocenters. The Hall–Kier alpha value is -3.57. The average Bonchev–Trinajstić information content (AvgIpc) is 3.22. The second kappa shape index (κ2) is 9.63. The molecule has 0 aliphatic carbocycles. The zero-order valence-electron chi connectivity index (χ0n) is 22.6. The number of carbonyl (C=O) groups excluding carboxylic acids is 1. The van der Waals surface area contributed by atoms with Gasteiger partial charge >= 0.3 is 5.97 Å². The van der Waals surface area contributed by atoms with E-state index in [1.165, 1.54) is 0 Å².